The maximum Gasteiger partial charge on any atom is 0.227 e. The lowest BCUT2D eigenvalue weighted by Gasteiger charge is -2.33. The number of carbonyl (C=O) groups excluding carboxylic acids is 1. The minimum atomic E-state index is 0.0386. The van der Waals surface area contributed by atoms with Crippen molar-refractivity contribution in [1.29, 1.82) is 0 Å². The summed E-state index contributed by atoms with van der Waals surface area (Å²) < 4.78 is 10.5. The number of aromatic nitrogens is 1. The van der Waals surface area contributed by atoms with E-state index in [0.717, 1.165) is 49.7 Å². The van der Waals surface area contributed by atoms with Gasteiger partial charge in [0.25, 0.3) is 0 Å². The second-order valence-corrected chi connectivity index (χ2v) is 6.28. The highest BCUT2D eigenvalue weighted by molar-refractivity contribution is 5.78. The first-order valence-electron chi connectivity index (χ1n) is 8.03. The Labute approximate surface area is 136 Å². The lowest BCUT2D eigenvalue weighted by molar-refractivity contribution is -0.136. The molecular weight excluding hydrogens is 294 g/mol. The number of rotatable bonds is 5. The van der Waals surface area contributed by atoms with Crippen molar-refractivity contribution in [2.24, 2.45) is 5.92 Å². The molecule has 0 saturated carbocycles. The Hall–Kier alpha value is -2.08. The van der Waals surface area contributed by atoms with Crippen molar-refractivity contribution >= 4 is 5.91 Å². The molecule has 6 heteroatoms. The minimum Gasteiger partial charge on any atom is -0.468 e. The van der Waals surface area contributed by atoms with Crippen LogP contribution >= 0.6 is 0 Å². The molecule has 0 aliphatic carbocycles. The standard InChI is InChI=1S/C17H23N3O3/c1-13-9-15(18-23-13)11-19(2)17(21)14-5-3-7-20(10-14)12-16-6-4-8-22-16/h4,6,8-9,14H,3,5,7,10-12H2,1-2H3/t14-/m1/s1. The van der Waals surface area contributed by atoms with Crippen molar-refractivity contribution in [3.63, 3.8) is 0 Å². The van der Waals surface area contributed by atoms with Crippen molar-refractivity contribution in [3.05, 3.63) is 41.7 Å². The van der Waals surface area contributed by atoms with Crippen molar-refractivity contribution < 1.29 is 13.7 Å². The molecule has 6 nitrogen and oxygen atoms in total. The van der Waals surface area contributed by atoms with Crippen LogP contribution in [0.15, 0.2) is 33.4 Å². The highest BCUT2D eigenvalue weighted by atomic mass is 16.5. The highest BCUT2D eigenvalue weighted by Crippen LogP contribution is 2.21. The van der Waals surface area contributed by atoms with Crippen LogP contribution in [-0.2, 0) is 17.9 Å². The number of nitrogens with zero attached hydrogens (tertiary/aromatic N) is 3. The molecule has 124 valence electrons. The van der Waals surface area contributed by atoms with Gasteiger partial charge in [-0.1, -0.05) is 5.16 Å². The number of amides is 1. The van der Waals surface area contributed by atoms with Gasteiger partial charge in [0.2, 0.25) is 5.91 Å². The first kappa shape index (κ1) is 15.8. The lowest BCUT2D eigenvalue weighted by Crippen LogP contribution is -2.43. The Bertz CT molecular complexity index is 635. The van der Waals surface area contributed by atoms with Gasteiger partial charge in [-0.25, -0.2) is 0 Å². The Morgan fingerprint density at radius 2 is 2.39 bits per heavy atom. The largest absolute Gasteiger partial charge is 0.468 e. The van der Waals surface area contributed by atoms with Crippen LogP contribution in [0.2, 0.25) is 0 Å². The van der Waals surface area contributed by atoms with Gasteiger partial charge in [-0.05, 0) is 38.4 Å². The van der Waals surface area contributed by atoms with Crippen molar-refractivity contribution in [2.45, 2.75) is 32.9 Å². The number of aryl methyl sites for hydroxylation is 1. The van der Waals surface area contributed by atoms with E-state index < -0.39 is 0 Å². The summed E-state index contributed by atoms with van der Waals surface area (Å²) in [5.41, 5.74) is 0.793. The fourth-order valence-electron chi connectivity index (χ4n) is 3.15. The average Bonchev–Trinajstić information content (AvgIpc) is 3.18. The molecule has 1 aliphatic heterocycles. The zero-order valence-electron chi connectivity index (χ0n) is 13.7. The van der Waals surface area contributed by atoms with Gasteiger partial charge in [0.15, 0.2) is 0 Å². The van der Waals surface area contributed by atoms with Crippen molar-refractivity contribution in [2.75, 3.05) is 20.1 Å². The third-order valence-corrected chi connectivity index (χ3v) is 4.27. The quantitative estimate of drug-likeness (QED) is 0.847. The Kier molecular flexibility index (Phi) is 4.81. The summed E-state index contributed by atoms with van der Waals surface area (Å²) in [5.74, 6) is 1.93. The Morgan fingerprint density at radius 1 is 1.52 bits per heavy atom. The maximum atomic E-state index is 12.7. The van der Waals surface area contributed by atoms with Crippen LogP contribution in [0.5, 0.6) is 0 Å². The molecule has 0 bridgehead atoms. The Morgan fingerprint density at radius 3 is 3.09 bits per heavy atom. The molecule has 0 unspecified atom stereocenters. The summed E-state index contributed by atoms with van der Waals surface area (Å²) in [5, 5.41) is 3.96. The molecule has 1 saturated heterocycles. The molecule has 0 aromatic carbocycles. The topological polar surface area (TPSA) is 62.7 Å². The molecule has 2 aromatic rings. The third-order valence-electron chi connectivity index (χ3n) is 4.27. The van der Waals surface area contributed by atoms with Crippen molar-refractivity contribution in [1.82, 2.24) is 15.0 Å². The molecular formula is C17H23N3O3. The van der Waals surface area contributed by atoms with E-state index in [2.05, 4.69) is 10.1 Å². The van der Waals surface area contributed by atoms with Crippen LogP contribution in [-0.4, -0.2) is 41.0 Å². The van der Waals surface area contributed by atoms with E-state index in [9.17, 15) is 4.79 Å². The molecule has 3 heterocycles. The monoisotopic (exact) mass is 317 g/mol. The van der Waals surface area contributed by atoms with E-state index >= 15 is 0 Å². The van der Waals surface area contributed by atoms with Crippen LogP contribution in [0.25, 0.3) is 0 Å². The molecule has 2 aromatic heterocycles. The van der Waals surface area contributed by atoms with Gasteiger partial charge in [0.1, 0.15) is 17.2 Å². The van der Waals surface area contributed by atoms with E-state index in [0.29, 0.717) is 6.54 Å². The number of hydrogen-bond donors (Lipinski definition) is 0. The average molecular weight is 317 g/mol. The van der Waals surface area contributed by atoms with E-state index in [1.165, 1.54) is 0 Å². The van der Waals surface area contributed by atoms with Gasteiger partial charge in [0, 0.05) is 19.7 Å². The number of furan rings is 1. The smallest absolute Gasteiger partial charge is 0.227 e. The second-order valence-electron chi connectivity index (χ2n) is 6.28. The molecule has 1 aliphatic rings. The molecule has 1 atom stereocenters. The first-order chi connectivity index (χ1) is 11.1. The van der Waals surface area contributed by atoms with Gasteiger partial charge in [-0.15, -0.1) is 0 Å². The van der Waals surface area contributed by atoms with Gasteiger partial charge in [-0.2, -0.15) is 0 Å². The van der Waals surface area contributed by atoms with E-state index in [4.69, 9.17) is 8.94 Å². The lowest BCUT2D eigenvalue weighted by atomic mass is 9.96. The van der Waals surface area contributed by atoms with E-state index in [1.807, 2.05) is 32.2 Å². The van der Waals surface area contributed by atoms with Gasteiger partial charge in [-0.3, -0.25) is 9.69 Å². The summed E-state index contributed by atoms with van der Waals surface area (Å²) in [7, 11) is 1.83. The summed E-state index contributed by atoms with van der Waals surface area (Å²) in [6.07, 6.45) is 3.67. The molecule has 23 heavy (non-hydrogen) atoms. The Balaban J connectivity index is 1.55. The zero-order valence-corrected chi connectivity index (χ0v) is 13.7. The molecule has 1 fully saturated rings. The van der Waals surface area contributed by atoms with Gasteiger partial charge in [0.05, 0.1) is 25.3 Å². The summed E-state index contributed by atoms with van der Waals surface area (Å²) in [4.78, 5) is 16.7. The van der Waals surface area contributed by atoms with Crippen molar-refractivity contribution in [3.8, 4) is 0 Å². The van der Waals surface area contributed by atoms with Gasteiger partial charge >= 0.3 is 0 Å². The number of likely N-dealkylation sites (tertiary alicyclic amines) is 1. The summed E-state index contributed by atoms with van der Waals surface area (Å²) in [6, 6.07) is 5.74. The fourth-order valence-corrected chi connectivity index (χ4v) is 3.15. The van der Waals surface area contributed by atoms with Gasteiger partial charge < -0.3 is 13.8 Å². The zero-order chi connectivity index (χ0) is 16.2. The maximum absolute atomic E-state index is 12.7. The van der Waals surface area contributed by atoms with Crippen LogP contribution in [0.3, 0.4) is 0 Å². The number of piperidine rings is 1. The normalized spacial score (nSPS) is 19.0. The predicted molar refractivity (Wildman–Crippen MR) is 84.4 cm³/mol. The molecule has 0 spiro atoms. The number of carbonyl (C=O) groups is 1. The minimum absolute atomic E-state index is 0.0386. The summed E-state index contributed by atoms with van der Waals surface area (Å²) in [6.45, 7) is 4.90. The molecule has 3 rings (SSSR count). The predicted octanol–water partition coefficient (Wildman–Crippen LogP) is 2.45. The molecule has 1 amide bonds. The van der Waals surface area contributed by atoms with Crippen LogP contribution < -0.4 is 0 Å². The van der Waals surface area contributed by atoms with E-state index in [-0.39, 0.29) is 11.8 Å². The second kappa shape index (κ2) is 7.00. The van der Waals surface area contributed by atoms with E-state index in [1.54, 1.807) is 11.2 Å². The SMILES string of the molecule is Cc1cc(CN(C)C(=O)[C@@H]2CCCN(Cc3ccco3)C2)no1. The van der Waals surface area contributed by atoms with Crippen LogP contribution in [0.4, 0.5) is 0 Å². The first-order valence-corrected chi connectivity index (χ1v) is 8.03. The number of hydrogen-bond acceptors (Lipinski definition) is 5. The highest BCUT2D eigenvalue weighted by Gasteiger charge is 2.28. The van der Waals surface area contributed by atoms with Crippen LogP contribution in [0.1, 0.15) is 30.1 Å². The fraction of sp³-hybridized carbons (Fsp3) is 0.529. The third kappa shape index (κ3) is 4.01. The molecule has 0 N–H and O–H groups in total. The summed E-state index contributed by atoms with van der Waals surface area (Å²) >= 11 is 0. The van der Waals surface area contributed by atoms with Crippen LogP contribution in [0, 0.1) is 12.8 Å². The molecule has 0 radical (unpaired) electrons.